The van der Waals surface area contributed by atoms with Gasteiger partial charge < -0.3 is 15.5 Å². The Hall–Kier alpha value is -1.36. The van der Waals surface area contributed by atoms with E-state index in [1.165, 1.54) is 0 Å². The van der Waals surface area contributed by atoms with Crippen molar-refractivity contribution in [3.63, 3.8) is 0 Å². The number of hydrogen-bond donors (Lipinski definition) is 1. The minimum atomic E-state index is 0.541. The molecule has 1 aromatic heterocycles. The fraction of sp³-hybridized carbons (Fsp3) is 0.714. The largest absolute Gasteiger partial charge is 0.383 e. The summed E-state index contributed by atoms with van der Waals surface area (Å²) < 4.78 is 0. The first kappa shape index (κ1) is 14.1. The molecule has 2 N–H and O–H groups in total. The first-order valence-electron chi connectivity index (χ1n) is 7.11. The highest BCUT2D eigenvalue weighted by molar-refractivity contribution is 5.56. The Morgan fingerprint density at radius 1 is 1.32 bits per heavy atom. The topological polar surface area (TPSA) is 58.3 Å². The van der Waals surface area contributed by atoms with Gasteiger partial charge in [-0.15, -0.1) is 0 Å². The Morgan fingerprint density at radius 2 is 2.05 bits per heavy atom. The minimum Gasteiger partial charge on any atom is -0.383 e. The summed E-state index contributed by atoms with van der Waals surface area (Å²) in [5.41, 5.74) is 7.04. The summed E-state index contributed by atoms with van der Waals surface area (Å²) in [6.07, 6.45) is 1.93. The summed E-state index contributed by atoms with van der Waals surface area (Å²) in [5.74, 6) is 2.52. The van der Waals surface area contributed by atoms with Gasteiger partial charge in [0.1, 0.15) is 17.5 Å². The van der Waals surface area contributed by atoms with Gasteiger partial charge in [-0.1, -0.05) is 6.92 Å². The van der Waals surface area contributed by atoms with Crippen LogP contribution in [0.25, 0.3) is 0 Å². The number of anilines is 2. The van der Waals surface area contributed by atoms with E-state index in [1.54, 1.807) is 0 Å². The molecule has 1 aliphatic heterocycles. The molecular formula is C14H25N5. The summed E-state index contributed by atoms with van der Waals surface area (Å²) in [7, 11) is 2.17. The lowest BCUT2D eigenvalue weighted by atomic mass is 10.2. The second-order valence-corrected chi connectivity index (χ2v) is 5.50. The third-order valence-electron chi connectivity index (χ3n) is 3.94. The summed E-state index contributed by atoms with van der Waals surface area (Å²) in [6.45, 7) is 9.47. The van der Waals surface area contributed by atoms with Gasteiger partial charge >= 0.3 is 0 Å². The number of hydrogen-bond acceptors (Lipinski definition) is 5. The highest BCUT2D eigenvalue weighted by Crippen LogP contribution is 2.24. The van der Waals surface area contributed by atoms with Crippen LogP contribution in [0.5, 0.6) is 0 Å². The molecule has 19 heavy (non-hydrogen) atoms. The van der Waals surface area contributed by atoms with Crippen molar-refractivity contribution < 1.29 is 0 Å². The van der Waals surface area contributed by atoms with Gasteiger partial charge in [-0.25, -0.2) is 9.97 Å². The number of nitrogen functional groups attached to an aromatic ring is 1. The second kappa shape index (κ2) is 5.74. The standard InChI is InChI=1S/C14H25N5/c1-5-6-12-16-13(15)11(3)14(17-12)19-8-7-18(4)10(2)9-19/h10H,5-9H2,1-4H3,(H2,15,16,17). The van der Waals surface area contributed by atoms with Crippen LogP contribution in [0.4, 0.5) is 11.6 Å². The number of aromatic nitrogens is 2. The molecule has 1 unspecified atom stereocenters. The molecule has 1 aromatic rings. The molecule has 106 valence electrons. The van der Waals surface area contributed by atoms with Crippen molar-refractivity contribution in [2.24, 2.45) is 0 Å². The van der Waals surface area contributed by atoms with Crippen LogP contribution in [0.3, 0.4) is 0 Å². The number of nitrogens with zero attached hydrogens (tertiary/aromatic N) is 4. The van der Waals surface area contributed by atoms with E-state index in [0.717, 1.165) is 49.7 Å². The molecule has 0 aromatic carbocycles. The Labute approximate surface area is 115 Å². The van der Waals surface area contributed by atoms with Crippen LogP contribution in [-0.2, 0) is 6.42 Å². The first-order chi connectivity index (χ1) is 9.02. The predicted molar refractivity (Wildman–Crippen MR) is 79.5 cm³/mol. The van der Waals surface area contributed by atoms with Crippen LogP contribution in [0.1, 0.15) is 31.7 Å². The molecular weight excluding hydrogens is 238 g/mol. The minimum absolute atomic E-state index is 0.541. The predicted octanol–water partition coefficient (Wildman–Crippen LogP) is 1.46. The van der Waals surface area contributed by atoms with Crippen LogP contribution < -0.4 is 10.6 Å². The number of likely N-dealkylation sites (N-methyl/N-ethyl adjacent to an activating group) is 1. The molecule has 0 bridgehead atoms. The zero-order valence-electron chi connectivity index (χ0n) is 12.5. The maximum Gasteiger partial charge on any atom is 0.137 e. The second-order valence-electron chi connectivity index (χ2n) is 5.50. The molecule has 1 saturated heterocycles. The molecule has 5 heteroatoms. The molecule has 1 aliphatic rings. The average molecular weight is 263 g/mol. The Balaban J connectivity index is 2.28. The van der Waals surface area contributed by atoms with Crippen molar-refractivity contribution >= 4 is 11.6 Å². The van der Waals surface area contributed by atoms with E-state index in [4.69, 9.17) is 10.7 Å². The molecule has 0 spiro atoms. The lowest BCUT2D eigenvalue weighted by molar-refractivity contribution is 0.233. The smallest absolute Gasteiger partial charge is 0.137 e. The van der Waals surface area contributed by atoms with E-state index in [-0.39, 0.29) is 0 Å². The Bertz CT molecular complexity index is 446. The highest BCUT2D eigenvalue weighted by atomic mass is 15.3. The molecule has 2 heterocycles. The van der Waals surface area contributed by atoms with E-state index in [1.807, 2.05) is 6.92 Å². The Morgan fingerprint density at radius 3 is 2.68 bits per heavy atom. The average Bonchev–Trinajstić information content (AvgIpc) is 2.37. The van der Waals surface area contributed by atoms with Crippen molar-refractivity contribution in [3.05, 3.63) is 11.4 Å². The summed E-state index contributed by atoms with van der Waals surface area (Å²) in [4.78, 5) is 13.8. The van der Waals surface area contributed by atoms with Crippen molar-refractivity contribution in [1.82, 2.24) is 14.9 Å². The van der Waals surface area contributed by atoms with Crippen molar-refractivity contribution in [1.29, 1.82) is 0 Å². The first-order valence-corrected chi connectivity index (χ1v) is 7.11. The van der Waals surface area contributed by atoms with Crippen LogP contribution in [0, 0.1) is 6.92 Å². The third kappa shape index (κ3) is 2.97. The number of aryl methyl sites for hydroxylation is 1. The van der Waals surface area contributed by atoms with Crippen LogP contribution in [-0.4, -0.2) is 47.6 Å². The van der Waals surface area contributed by atoms with Crippen molar-refractivity contribution in [2.75, 3.05) is 37.3 Å². The lowest BCUT2D eigenvalue weighted by Gasteiger charge is -2.39. The molecule has 0 radical (unpaired) electrons. The van der Waals surface area contributed by atoms with Gasteiger partial charge in [0.05, 0.1) is 0 Å². The van der Waals surface area contributed by atoms with E-state index in [0.29, 0.717) is 11.9 Å². The fourth-order valence-corrected chi connectivity index (χ4v) is 2.45. The van der Waals surface area contributed by atoms with Crippen molar-refractivity contribution in [2.45, 2.75) is 39.7 Å². The van der Waals surface area contributed by atoms with E-state index in [9.17, 15) is 0 Å². The van der Waals surface area contributed by atoms with Gasteiger partial charge in [0.25, 0.3) is 0 Å². The molecule has 0 aliphatic carbocycles. The summed E-state index contributed by atoms with van der Waals surface area (Å²) in [5, 5.41) is 0. The molecule has 0 amide bonds. The monoisotopic (exact) mass is 263 g/mol. The number of piperazine rings is 1. The molecule has 0 saturated carbocycles. The zero-order chi connectivity index (χ0) is 14.0. The Kier molecular flexibility index (Phi) is 4.24. The summed E-state index contributed by atoms with van der Waals surface area (Å²) >= 11 is 0. The van der Waals surface area contributed by atoms with Crippen LogP contribution in [0.15, 0.2) is 0 Å². The lowest BCUT2D eigenvalue weighted by Crippen LogP contribution is -2.50. The van der Waals surface area contributed by atoms with Gasteiger partial charge in [0.15, 0.2) is 0 Å². The maximum atomic E-state index is 6.03. The van der Waals surface area contributed by atoms with Gasteiger partial charge in [-0.2, -0.15) is 0 Å². The number of nitrogens with two attached hydrogens (primary N) is 1. The van der Waals surface area contributed by atoms with Gasteiger partial charge in [0, 0.05) is 37.7 Å². The number of rotatable bonds is 3. The molecule has 1 fully saturated rings. The van der Waals surface area contributed by atoms with Gasteiger partial charge in [0.2, 0.25) is 0 Å². The van der Waals surface area contributed by atoms with E-state index >= 15 is 0 Å². The van der Waals surface area contributed by atoms with E-state index < -0.39 is 0 Å². The van der Waals surface area contributed by atoms with Crippen LogP contribution >= 0.6 is 0 Å². The molecule has 1 atom stereocenters. The normalized spacial score (nSPS) is 20.8. The zero-order valence-corrected chi connectivity index (χ0v) is 12.5. The fourth-order valence-electron chi connectivity index (χ4n) is 2.45. The SMILES string of the molecule is CCCc1nc(N)c(C)c(N2CCN(C)C(C)C2)n1. The van der Waals surface area contributed by atoms with Crippen molar-refractivity contribution in [3.8, 4) is 0 Å². The van der Waals surface area contributed by atoms with E-state index in [2.05, 4.69) is 35.7 Å². The quantitative estimate of drug-likeness (QED) is 0.894. The third-order valence-corrected chi connectivity index (χ3v) is 3.94. The molecule has 2 rings (SSSR count). The molecule has 5 nitrogen and oxygen atoms in total. The van der Waals surface area contributed by atoms with Gasteiger partial charge in [-0.05, 0) is 27.3 Å². The van der Waals surface area contributed by atoms with Gasteiger partial charge in [-0.3, -0.25) is 0 Å². The maximum absolute atomic E-state index is 6.03. The van der Waals surface area contributed by atoms with Crippen LogP contribution in [0.2, 0.25) is 0 Å². The highest BCUT2D eigenvalue weighted by Gasteiger charge is 2.23. The summed E-state index contributed by atoms with van der Waals surface area (Å²) in [6, 6.07) is 0.541.